The summed E-state index contributed by atoms with van der Waals surface area (Å²) in [5, 5.41) is 9.03. The topological polar surface area (TPSA) is 83.8 Å². The number of aromatic amines is 1. The molecule has 94 valence electrons. The number of hydrogen-bond acceptors (Lipinski definition) is 3. The number of rotatable bonds is 2. The zero-order chi connectivity index (χ0) is 13.3. The van der Waals surface area contributed by atoms with Gasteiger partial charge in [0.2, 0.25) is 0 Å². The molecule has 18 heavy (non-hydrogen) atoms. The number of aryl methyl sites for hydroxylation is 1. The van der Waals surface area contributed by atoms with Gasteiger partial charge in [0.05, 0.1) is 17.6 Å². The summed E-state index contributed by atoms with van der Waals surface area (Å²) >= 11 is 6.81. The third-order valence-corrected chi connectivity index (χ3v) is 3.57. The van der Waals surface area contributed by atoms with Gasteiger partial charge in [-0.2, -0.15) is 5.10 Å². The fourth-order valence-electron chi connectivity index (χ4n) is 1.47. The molecule has 0 saturated carbocycles. The first-order chi connectivity index (χ1) is 8.49. The van der Waals surface area contributed by atoms with E-state index >= 15 is 0 Å². The zero-order valence-corrected chi connectivity index (χ0v) is 12.6. The Morgan fingerprint density at radius 3 is 2.50 bits per heavy atom. The van der Waals surface area contributed by atoms with Crippen LogP contribution >= 0.6 is 31.9 Å². The second-order valence-corrected chi connectivity index (χ2v) is 5.47. The Morgan fingerprint density at radius 2 is 2.00 bits per heavy atom. The summed E-state index contributed by atoms with van der Waals surface area (Å²) in [6.07, 6.45) is 1.40. The van der Waals surface area contributed by atoms with Gasteiger partial charge in [0.15, 0.2) is 0 Å². The van der Waals surface area contributed by atoms with Crippen molar-refractivity contribution < 1.29 is 4.79 Å². The second kappa shape index (κ2) is 5.11. The van der Waals surface area contributed by atoms with Gasteiger partial charge in [-0.05, 0) is 56.5 Å². The van der Waals surface area contributed by atoms with E-state index in [4.69, 9.17) is 5.73 Å². The van der Waals surface area contributed by atoms with E-state index < -0.39 is 0 Å². The van der Waals surface area contributed by atoms with E-state index in [0.29, 0.717) is 11.4 Å². The standard InChI is InChI=1S/C11H10Br2N4O/c1-5-2-6(12)9(7(13)3-5)16-11(18)10-8(14)4-15-17-10/h2-4H,14H2,1H3,(H,15,17)(H,16,18). The summed E-state index contributed by atoms with van der Waals surface area (Å²) in [6.45, 7) is 1.97. The van der Waals surface area contributed by atoms with Crippen molar-refractivity contribution in [3.8, 4) is 0 Å². The number of benzene rings is 1. The molecule has 4 N–H and O–H groups in total. The van der Waals surface area contributed by atoms with Crippen LogP contribution in [0.2, 0.25) is 0 Å². The minimum Gasteiger partial charge on any atom is -0.396 e. The number of aromatic nitrogens is 2. The first kappa shape index (κ1) is 13.1. The number of hydrogen-bond donors (Lipinski definition) is 3. The van der Waals surface area contributed by atoms with Crippen LogP contribution < -0.4 is 11.1 Å². The molecule has 5 nitrogen and oxygen atoms in total. The van der Waals surface area contributed by atoms with Crippen LogP contribution in [0.5, 0.6) is 0 Å². The maximum atomic E-state index is 12.0. The molecule has 1 heterocycles. The Balaban J connectivity index is 2.31. The molecular formula is C11H10Br2N4O. The Bertz CT molecular complexity index is 586. The molecule has 0 radical (unpaired) electrons. The number of carbonyl (C=O) groups is 1. The average Bonchev–Trinajstić information content (AvgIpc) is 2.69. The van der Waals surface area contributed by atoms with E-state index in [1.807, 2.05) is 19.1 Å². The highest BCUT2D eigenvalue weighted by Crippen LogP contribution is 2.32. The van der Waals surface area contributed by atoms with Crippen molar-refractivity contribution in [2.75, 3.05) is 11.1 Å². The lowest BCUT2D eigenvalue weighted by atomic mass is 10.2. The first-order valence-corrected chi connectivity index (χ1v) is 6.63. The van der Waals surface area contributed by atoms with E-state index in [1.165, 1.54) is 6.20 Å². The van der Waals surface area contributed by atoms with E-state index in [2.05, 4.69) is 47.4 Å². The fraction of sp³-hybridized carbons (Fsp3) is 0.0909. The summed E-state index contributed by atoms with van der Waals surface area (Å²) < 4.78 is 1.58. The van der Waals surface area contributed by atoms with Crippen LogP contribution in [-0.4, -0.2) is 16.1 Å². The highest BCUT2D eigenvalue weighted by molar-refractivity contribution is 9.11. The van der Waals surface area contributed by atoms with Gasteiger partial charge < -0.3 is 11.1 Å². The first-order valence-electron chi connectivity index (χ1n) is 5.05. The van der Waals surface area contributed by atoms with Crippen molar-refractivity contribution in [1.82, 2.24) is 10.2 Å². The quantitative estimate of drug-likeness (QED) is 0.756. The molecule has 0 fully saturated rings. The molecule has 1 aromatic heterocycles. The van der Waals surface area contributed by atoms with Gasteiger partial charge in [0.1, 0.15) is 5.69 Å². The summed E-state index contributed by atoms with van der Waals surface area (Å²) in [5.74, 6) is -0.338. The Hall–Kier alpha value is -1.34. The number of nitrogens with zero attached hydrogens (tertiary/aromatic N) is 1. The number of halogens is 2. The summed E-state index contributed by atoms with van der Waals surface area (Å²) in [6, 6.07) is 3.83. The summed E-state index contributed by atoms with van der Waals surface area (Å²) in [7, 11) is 0. The minimum atomic E-state index is -0.338. The number of amides is 1. The van der Waals surface area contributed by atoms with Crippen LogP contribution in [0.3, 0.4) is 0 Å². The third kappa shape index (κ3) is 2.56. The SMILES string of the molecule is Cc1cc(Br)c(NC(=O)c2[nH]ncc2N)c(Br)c1. The maximum Gasteiger partial charge on any atom is 0.275 e. The highest BCUT2D eigenvalue weighted by Gasteiger charge is 2.15. The van der Waals surface area contributed by atoms with Gasteiger partial charge in [-0.1, -0.05) is 0 Å². The van der Waals surface area contributed by atoms with Crippen molar-refractivity contribution in [2.45, 2.75) is 6.92 Å². The van der Waals surface area contributed by atoms with Crippen LogP contribution in [0, 0.1) is 6.92 Å². The van der Waals surface area contributed by atoms with Crippen LogP contribution in [0.15, 0.2) is 27.3 Å². The molecule has 0 atom stereocenters. The lowest BCUT2D eigenvalue weighted by Crippen LogP contribution is -2.15. The van der Waals surface area contributed by atoms with E-state index in [9.17, 15) is 4.79 Å². The normalized spacial score (nSPS) is 10.4. The number of nitrogens with one attached hydrogen (secondary N) is 2. The summed E-state index contributed by atoms with van der Waals surface area (Å²) in [5.41, 5.74) is 7.90. The van der Waals surface area contributed by atoms with Crippen LogP contribution in [0.25, 0.3) is 0 Å². The molecular weight excluding hydrogens is 364 g/mol. The smallest absolute Gasteiger partial charge is 0.275 e. The molecule has 0 bridgehead atoms. The van der Waals surface area contributed by atoms with Crippen molar-refractivity contribution in [1.29, 1.82) is 0 Å². The van der Waals surface area contributed by atoms with E-state index in [1.54, 1.807) is 0 Å². The maximum absolute atomic E-state index is 12.0. The van der Waals surface area contributed by atoms with E-state index in [-0.39, 0.29) is 11.6 Å². The monoisotopic (exact) mass is 372 g/mol. The number of H-pyrrole nitrogens is 1. The van der Waals surface area contributed by atoms with Crippen LogP contribution in [-0.2, 0) is 0 Å². The van der Waals surface area contributed by atoms with Crippen LogP contribution in [0.1, 0.15) is 16.1 Å². The second-order valence-electron chi connectivity index (χ2n) is 3.76. The van der Waals surface area contributed by atoms with Crippen molar-refractivity contribution in [3.05, 3.63) is 38.5 Å². The Morgan fingerprint density at radius 1 is 1.39 bits per heavy atom. The zero-order valence-electron chi connectivity index (χ0n) is 9.42. The lowest BCUT2D eigenvalue weighted by Gasteiger charge is -2.10. The van der Waals surface area contributed by atoms with Crippen molar-refractivity contribution in [2.24, 2.45) is 0 Å². The Labute approximate surface area is 120 Å². The van der Waals surface area contributed by atoms with Gasteiger partial charge in [-0.3, -0.25) is 9.89 Å². The van der Waals surface area contributed by atoms with Gasteiger partial charge >= 0.3 is 0 Å². The largest absolute Gasteiger partial charge is 0.396 e. The molecule has 7 heteroatoms. The third-order valence-electron chi connectivity index (χ3n) is 2.32. The van der Waals surface area contributed by atoms with E-state index in [0.717, 1.165) is 14.5 Å². The minimum absolute atomic E-state index is 0.245. The molecule has 0 saturated heterocycles. The number of nitrogen functional groups attached to an aromatic ring is 1. The van der Waals surface area contributed by atoms with Crippen LogP contribution in [0.4, 0.5) is 11.4 Å². The van der Waals surface area contributed by atoms with Gasteiger partial charge in [0.25, 0.3) is 5.91 Å². The van der Waals surface area contributed by atoms with Gasteiger partial charge in [-0.25, -0.2) is 0 Å². The molecule has 2 aromatic rings. The molecule has 0 spiro atoms. The Kier molecular flexibility index (Phi) is 3.72. The summed E-state index contributed by atoms with van der Waals surface area (Å²) in [4.78, 5) is 12.0. The average molecular weight is 374 g/mol. The lowest BCUT2D eigenvalue weighted by molar-refractivity contribution is 0.102. The molecule has 0 unspecified atom stereocenters. The molecule has 1 amide bonds. The number of carbonyl (C=O) groups excluding carboxylic acids is 1. The number of nitrogens with two attached hydrogens (primary N) is 1. The number of anilines is 2. The predicted octanol–water partition coefficient (Wildman–Crippen LogP) is 3.08. The highest BCUT2D eigenvalue weighted by atomic mass is 79.9. The molecule has 2 rings (SSSR count). The predicted molar refractivity (Wildman–Crippen MR) is 77.5 cm³/mol. The molecule has 0 aliphatic rings. The van der Waals surface area contributed by atoms with Crippen molar-refractivity contribution >= 4 is 49.1 Å². The van der Waals surface area contributed by atoms with Gasteiger partial charge in [-0.15, -0.1) is 0 Å². The fourth-order valence-corrected chi connectivity index (χ4v) is 3.09. The van der Waals surface area contributed by atoms with Gasteiger partial charge in [0, 0.05) is 8.95 Å². The molecule has 1 aromatic carbocycles. The van der Waals surface area contributed by atoms with Crippen molar-refractivity contribution in [3.63, 3.8) is 0 Å². The molecule has 0 aliphatic carbocycles. The molecule has 0 aliphatic heterocycles.